The van der Waals surface area contributed by atoms with Crippen LogP contribution >= 0.6 is 0 Å². The minimum atomic E-state index is -1.22. The fourth-order valence-corrected chi connectivity index (χ4v) is 4.75. The van der Waals surface area contributed by atoms with Crippen molar-refractivity contribution >= 4 is 16.9 Å². The van der Waals surface area contributed by atoms with Crippen LogP contribution in [0.2, 0.25) is 0 Å². The van der Waals surface area contributed by atoms with E-state index in [0.717, 1.165) is 11.6 Å². The number of halogens is 2. The normalized spacial score (nSPS) is 25.7. The van der Waals surface area contributed by atoms with Crippen molar-refractivity contribution in [3.05, 3.63) is 46.9 Å². The lowest BCUT2D eigenvalue weighted by molar-refractivity contribution is -0.0167. The van der Waals surface area contributed by atoms with Crippen LogP contribution in [-0.4, -0.2) is 49.6 Å². The minimum absolute atomic E-state index is 0.179. The molecular formula is C21H23F2N5O3. The second-order valence-corrected chi connectivity index (χ2v) is 8.17. The topological polar surface area (TPSA) is 118 Å². The number of aliphatic hydroxyl groups is 2. The van der Waals surface area contributed by atoms with Crippen molar-refractivity contribution < 1.29 is 23.7 Å². The summed E-state index contributed by atoms with van der Waals surface area (Å²) in [4.78, 5) is 8.31. The molecule has 1 aromatic carbocycles. The number of aryl methyl sites for hydroxylation is 1. The Morgan fingerprint density at radius 3 is 2.84 bits per heavy atom. The number of fused-ring (bicyclic) bond motifs is 2. The first-order valence-corrected chi connectivity index (χ1v) is 10.2. The van der Waals surface area contributed by atoms with Crippen LogP contribution in [0.3, 0.4) is 0 Å². The van der Waals surface area contributed by atoms with Gasteiger partial charge in [-0.15, -0.1) is 0 Å². The molecule has 8 nitrogen and oxygen atoms in total. The predicted molar refractivity (Wildman–Crippen MR) is 109 cm³/mol. The molecule has 0 radical (unpaired) electrons. The molecule has 1 aliphatic carbocycles. The molecule has 2 aromatic heterocycles. The molecule has 0 amide bonds. The van der Waals surface area contributed by atoms with Crippen molar-refractivity contribution in [3.8, 4) is 5.75 Å². The fourth-order valence-electron chi connectivity index (χ4n) is 4.75. The van der Waals surface area contributed by atoms with Crippen molar-refractivity contribution in [3.63, 3.8) is 0 Å². The van der Waals surface area contributed by atoms with Crippen molar-refractivity contribution in [2.75, 3.05) is 12.3 Å². The Morgan fingerprint density at radius 1 is 1.23 bits per heavy atom. The lowest BCUT2D eigenvalue weighted by Gasteiger charge is -2.25. The average Bonchev–Trinajstić information content (AvgIpc) is 3.24. The van der Waals surface area contributed by atoms with E-state index >= 15 is 0 Å². The summed E-state index contributed by atoms with van der Waals surface area (Å²) in [6.07, 6.45) is 0.577. The van der Waals surface area contributed by atoms with Gasteiger partial charge in [-0.3, -0.25) is 0 Å². The third-order valence-electron chi connectivity index (χ3n) is 6.31. The first-order valence-electron chi connectivity index (χ1n) is 10.2. The van der Waals surface area contributed by atoms with Gasteiger partial charge in [-0.1, -0.05) is 0 Å². The van der Waals surface area contributed by atoms with Crippen molar-refractivity contribution in [2.45, 2.75) is 50.7 Å². The van der Waals surface area contributed by atoms with Gasteiger partial charge in [0.1, 0.15) is 41.9 Å². The lowest BCUT2D eigenvalue weighted by atomic mass is 9.99. The first-order chi connectivity index (χ1) is 14.9. The standard InChI is InChI=1S/C21H23F2N5O3/c1-9-7-28(21-16(9)20(24)26-8-27-21)13-5-15(19(30)18(13)29)31-14-4-12(22)17(23)10-2-3-25-6-11(10)14/h4,7-8,13,15,18-19,25,29-30H,2-3,5-6H2,1H3,(H2,24,26,27). The Hall–Kier alpha value is -2.82. The van der Waals surface area contributed by atoms with Crippen LogP contribution in [0.25, 0.3) is 11.0 Å². The Bertz CT molecular complexity index is 1170. The number of anilines is 1. The lowest BCUT2D eigenvalue weighted by Crippen LogP contribution is -2.35. The molecular weight excluding hydrogens is 408 g/mol. The molecule has 4 atom stereocenters. The largest absolute Gasteiger partial charge is 0.487 e. The maximum atomic E-state index is 14.2. The van der Waals surface area contributed by atoms with Gasteiger partial charge < -0.3 is 30.6 Å². The number of hydrogen-bond donors (Lipinski definition) is 4. The van der Waals surface area contributed by atoms with E-state index < -0.39 is 36.0 Å². The van der Waals surface area contributed by atoms with Crippen LogP contribution in [0.4, 0.5) is 14.6 Å². The molecule has 31 heavy (non-hydrogen) atoms. The number of nitrogens with two attached hydrogens (primary N) is 1. The molecule has 1 fully saturated rings. The van der Waals surface area contributed by atoms with Crippen molar-refractivity contribution in [1.29, 1.82) is 0 Å². The Morgan fingerprint density at radius 2 is 2.03 bits per heavy atom. The number of aliphatic hydroxyl groups excluding tert-OH is 2. The monoisotopic (exact) mass is 431 g/mol. The second kappa shape index (κ2) is 7.40. The van der Waals surface area contributed by atoms with Crippen LogP contribution in [0, 0.1) is 18.6 Å². The number of rotatable bonds is 3. The van der Waals surface area contributed by atoms with E-state index in [0.29, 0.717) is 41.9 Å². The van der Waals surface area contributed by atoms with E-state index in [1.165, 1.54) is 6.33 Å². The summed E-state index contributed by atoms with van der Waals surface area (Å²) in [5.41, 5.74) is 8.21. The highest BCUT2D eigenvalue weighted by molar-refractivity contribution is 5.89. The molecule has 5 rings (SSSR count). The van der Waals surface area contributed by atoms with Crippen LogP contribution in [0.5, 0.6) is 5.75 Å². The van der Waals surface area contributed by atoms with E-state index in [-0.39, 0.29) is 17.7 Å². The first kappa shape index (κ1) is 20.1. The molecule has 164 valence electrons. The molecule has 0 bridgehead atoms. The van der Waals surface area contributed by atoms with Crippen LogP contribution in [0.15, 0.2) is 18.6 Å². The molecule has 4 unspecified atom stereocenters. The fraction of sp³-hybridized carbons (Fsp3) is 0.429. The number of aromatic nitrogens is 3. The SMILES string of the molecule is Cc1cn(C2CC(Oc3cc(F)c(F)c4c3CNCC4)C(O)C2O)c2ncnc(N)c12. The van der Waals surface area contributed by atoms with E-state index in [4.69, 9.17) is 10.5 Å². The van der Waals surface area contributed by atoms with Crippen molar-refractivity contribution in [2.24, 2.45) is 0 Å². The summed E-state index contributed by atoms with van der Waals surface area (Å²) in [7, 11) is 0. The van der Waals surface area contributed by atoms with E-state index in [1.54, 1.807) is 4.57 Å². The van der Waals surface area contributed by atoms with Crippen molar-refractivity contribution in [1.82, 2.24) is 19.9 Å². The van der Waals surface area contributed by atoms with E-state index in [9.17, 15) is 19.0 Å². The van der Waals surface area contributed by atoms with Gasteiger partial charge in [0.15, 0.2) is 11.6 Å². The number of nitrogens with one attached hydrogen (secondary N) is 1. The smallest absolute Gasteiger partial charge is 0.162 e. The molecule has 5 N–H and O–H groups in total. The Kier molecular flexibility index (Phi) is 4.80. The van der Waals surface area contributed by atoms with Gasteiger partial charge in [0.25, 0.3) is 0 Å². The molecule has 3 heterocycles. The summed E-state index contributed by atoms with van der Waals surface area (Å²) in [6, 6.07) is 0.473. The van der Waals surface area contributed by atoms with Gasteiger partial charge in [0.05, 0.1) is 11.4 Å². The zero-order chi connectivity index (χ0) is 21.9. The highest BCUT2D eigenvalue weighted by Gasteiger charge is 2.45. The highest BCUT2D eigenvalue weighted by Crippen LogP contribution is 2.39. The number of ether oxygens (including phenoxy) is 1. The Labute approximate surface area is 176 Å². The minimum Gasteiger partial charge on any atom is -0.487 e. The average molecular weight is 431 g/mol. The number of hydrogen-bond acceptors (Lipinski definition) is 7. The summed E-state index contributed by atoms with van der Waals surface area (Å²) < 4.78 is 36.1. The maximum absolute atomic E-state index is 14.2. The number of nitrogen functional groups attached to an aromatic ring is 1. The second-order valence-electron chi connectivity index (χ2n) is 8.17. The predicted octanol–water partition coefficient (Wildman–Crippen LogP) is 1.36. The van der Waals surface area contributed by atoms with Gasteiger partial charge in [0.2, 0.25) is 0 Å². The number of nitrogens with zero attached hydrogens (tertiary/aromatic N) is 3. The zero-order valence-corrected chi connectivity index (χ0v) is 16.8. The molecule has 10 heteroatoms. The van der Waals surface area contributed by atoms with Gasteiger partial charge in [-0.05, 0) is 25.5 Å². The molecule has 0 spiro atoms. The zero-order valence-electron chi connectivity index (χ0n) is 16.8. The Balaban J connectivity index is 1.48. The van der Waals surface area contributed by atoms with Gasteiger partial charge in [-0.25, -0.2) is 18.7 Å². The van der Waals surface area contributed by atoms with Crippen LogP contribution in [-0.2, 0) is 13.0 Å². The summed E-state index contributed by atoms with van der Waals surface area (Å²) >= 11 is 0. The van der Waals surface area contributed by atoms with Crippen LogP contribution in [0.1, 0.15) is 29.2 Å². The van der Waals surface area contributed by atoms with E-state index in [2.05, 4.69) is 15.3 Å². The maximum Gasteiger partial charge on any atom is 0.162 e. The van der Waals surface area contributed by atoms with Gasteiger partial charge in [-0.2, -0.15) is 0 Å². The summed E-state index contributed by atoms with van der Waals surface area (Å²) in [6.45, 7) is 2.75. The third-order valence-corrected chi connectivity index (χ3v) is 6.31. The third kappa shape index (κ3) is 3.13. The van der Waals surface area contributed by atoms with E-state index in [1.807, 2.05) is 13.1 Å². The quantitative estimate of drug-likeness (QED) is 0.495. The van der Waals surface area contributed by atoms with Gasteiger partial charge >= 0.3 is 0 Å². The van der Waals surface area contributed by atoms with Gasteiger partial charge in [0, 0.05) is 36.4 Å². The summed E-state index contributed by atoms with van der Waals surface area (Å²) in [5.74, 6) is -1.33. The molecule has 2 aliphatic rings. The number of benzene rings is 1. The summed E-state index contributed by atoms with van der Waals surface area (Å²) in [5, 5.41) is 25.3. The molecule has 1 saturated carbocycles. The molecule has 1 aliphatic heterocycles. The molecule has 3 aromatic rings. The molecule has 0 saturated heterocycles. The highest BCUT2D eigenvalue weighted by atomic mass is 19.2. The van der Waals surface area contributed by atoms with Crippen LogP contribution < -0.4 is 15.8 Å².